The summed E-state index contributed by atoms with van der Waals surface area (Å²) in [7, 11) is 0. The Morgan fingerprint density at radius 2 is 1.15 bits per heavy atom. The standard InChI is InChI=1S/C29H58O2S.Sn.2H/c1-7-9-21-27(28(30)31-24-10-8-2)29(32,22-17-13-11-15-19-25(3)4)23-18-14-12-16-20-26(5)6;;;/h25-27,32H,7-24H2,1-6H3;;;. The topological polar surface area (TPSA) is 26.3 Å². The van der Waals surface area contributed by atoms with Crippen LogP contribution < -0.4 is 0 Å². The third-order valence-electron chi connectivity index (χ3n) is 6.80. The molecule has 0 N–H and O–H groups in total. The van der Waals surface area contributed by atoms with E-state index in [1.807, 2.05) is 0 Å². The van der Waals surface area contributed by atoms with Crippen LogP contribution in [-0.4, -0.2) is 41.2 Å². The Labute approximate surface area is 230 Å². The molecule has 0 aromatic heterocycles. The van der Waals surface area contributed by atoms with Gasteiger partial charge in [-0.3, -0.25) is 4.79 Å². The van der Waals surface area contributed by atoms with E-state index >= 15 is 0 Å². The van der Waals surface area contributed by atoms with Crippen molar-refractivity contribution in [3.05, 3.63) is 0 Å². The zero-order valence-electron chi connectivity index (χ0n) is 23.4. The van der Waals surface area contributed by atoms with Crippen LogP contribution in [0.15, 0.2) is 0 Å². The average Bonchev–Trinajstić information content (AvgIpc) is 2.73. The second-order valence-electron chi connectivity index (χ2n) is 11.0. The molecule has 0 amide bonds. The van der Waals surface area contributed by atoms with Crippen molar-refractivity contribution in [1.29, 1.82) is 0 Å². The number of hydrogen-bond donors (Lipinski definition) is 1. The molecule has 0 aromatic rings. The van der Waals surface area contributed by atoms with E-state index in [1.165, 1.54) is 64.2 Å². The van der Waals surface area contributed by atoms with Crippen molar-refractivity contribution in [1.82, 2.24) is 0 Å². The zero-order valence-corrected chi connectivity index (χ0v) is 28.4. The molecule has 0 aliphatic rings. The van der Waals surface area contributed by atoms with Gasteiger partial charge in [0.05, 0.1) is 12.5 Å². The number of ether oxygens (including phenoxy) is 1. The van der Waals surface area contributed by atoms with Crippen LogP contribution in [-0.2, 0) is 9.53 Å². The number of hydrogen-bond acceptors (Lipinski definition) is 3. The van der Waals surface area contributed by atoms with Crippen LogP contribution in [0.3, 0.4) is 0 Å². The van der Waals surface area contributed by atoms with Crippen molar-refractivity contribution in [3.63, 3.8) is 0 Å². The number of carbonyl (C=O) groups excluding carboxylic acids is 1. The normalized spacial score (nSPS) is 12.8. The summed E-state index contributed by atoms with van der Waals surface area (Å²) in [6, 6.07) is 0. The first-order chi connectivity index (χ1) is 15.3. The zero-order chi connectivity index (χ0) is 24.2. The van der Waals surface area contributed by atoms with Crippen LogP contribution in [0.2, 0.25) is 0 Å². The number of carbonyl (C=O) groups is 1. The van der Waals surface area contributed by atoms with Gasteiger partial charge in [-0.15, -0.1) is 0 Å². The minimum atomic E-state index is -0.214. The average molecular weight is 592 g/mol. The fraction of sp³-hybridized carbons (Fsp3) is 0.966. The Kier molecular flexibility index (Phi) is 25.0. The summed E-state index contributed by atoms with van der Waals surface area (Å²) in [6.07, 6.45) is 20.0. The maximum absolute atomic E-state index is 13.1. The molecule has 2 radical (unpaired) electrons. The van der Waals surface area contributed by atoms with Gasteiger partial charge in [0.1, 0.15) is 0 Å². The summed E-state index contributed by atoms with van der Waals surface area (Å²) in [5.74, 6) is 1.55. The Morgan fingerprint density at radius 3 is 1.58 bits per heavy atom. The van der Waals surface area contributed by atoms with Gasteiger partial charge in [0.15, 0.2) is 0 Å². The number of unbranched alkanes of at least 4 members (excludes halogenated alkanes) is 8. The van der Waals surface area contributed by atoms with Gasteiger partial charge in [0, 0.05) is 4.75 Å². The maximum atomic E-state index is 13.1. The molecule has 0 rings (SSSR count). The van der Waals surface area contributed by atoms with Crippen molar-refractivity contribution in [3.8, 4) is 0 Å². The summed E-state index contributed by atoms with van der Waals surface area (Å²) < 4.78 is 5.53. The fourth-order valence-corrected chi connectivity index (χ4v) is 5.13. The first-order valence-electron chi connectivity index (χ1n) is 14.2. The van der Waals surface area contributed by atoms with Gasteiger partial charge in [-0.1, -0.05) is 125 Å². The van der Waals surface area contributed by atoms with Crippen LogP contribution in [0.5, 0.6) is 0 Å². The fourth-order valence-electron chi connectivity index (χ4n) is 4.58. The molecule has 0 aromatic carbocycles. The molecule has 0 saturated heterocycles. The van der Waals surface area contributed by atoms with E-state index in [0.29, 0.717) is 6.61 Å². The second-order valence-corrected chi connectivity index (χ2v) is 11.9. The third kappa shape index (κ3) is 19.5. The van der Waals surface area contributed by atoms with Gasteiger partial charge in [-0.05, 0) is 37.5 Å². The van der Waals surface area contributed by atoms with Gasteiger partial charge < -0.3 is 4.74 Å². The van der Waals surface area contributed by atoms with E-state index in [0.717, 1.165) is 56.8 Å². The van der Waals surface area contributed by atoms with Crippen molar-refractivity contribution in [2.45, 2.75) is 155 Å². The molecule has 0 fully saturated rings. The molecule has 0 aliphatic heterocycles. The summed E-state index contributed by atoms with van der Waals surface area (Å²) in [5.41, 5.74) is 0. The summed E-state index contributed by atoms with van der Waals surface area (Å²) in [4.78, 5) is 13.1. The summed E-state index contributed by atoms with van der Waals surface area (Å²) in [6.45, 7) is 14.1. The Hall–Kier alpha value is 0.619. The van der Waals surface area contributed by atoms with Gasteiger partial charge in [-0.25, -0.2) is 0 Å². The van der Waals surface area contributed by atoms with Crippen LogP contribution >= 0.6 is 12.6 Å². The molecule has 0 aliphatic carbocycles. The van der Waals surface area contributed by atoms with Gasteiger partial charge >= 0.3 is 29.9 Å². The van der Waals surface area contributed by atoms with E-state index in [2.05, 4.69) is 41.5 Å². The van der Waals surface area contributed by atoms with Crippen molar-refractivity contribution in [2.75, 3.05) is 6.61 Å². The molecule has 2 nitrogen and oxygen atoms in total. The van der Waals surface area contributed by atoms with Gasteiger partial charge in [-0.2, -0.15) is 12.6 Å². The number of thiol groups is 1. The van der Waals surface area contributed by atoms with Gasteiger partial charge in [0.2, 0.25) is 0 Å². The van der Waals surface area contributed by atoms with E-state index in [9.17, 15) is 4.79 Å². The van der Waals surface area contributed by atoms with Crippen LogP contribution in [0.1, 0.15) is 151 Å². The monoisotopic (exact) mass is 592 g/mol. The third-order valence-corrected chi connectivity index (χ3v) is 7.56. The molecular formula is C29H60O2SSn. The number of rotatable bonds is 22. The SMILES string of the molecule is CCCCOC(=O)C(CCCC)C(S)(CCCCCCC(C)C)CCCCCCC(C)C.[SnH2]. The molecule has 0 heterocycles. The number of esters is 1. The van der Waals surface area contributed by atoms with Crippen LogP contribution in [0.4, 0.5) is 0 Å². The molecule has 1 atom stereocenters. The Bertz CT molecular complexity index is 419. The molecule has 33 heavy (non-hydrogen) atoms. The van der Waals surface area contributed by atoms with Crippen LogP contribution in [0.25, 0.3) is 0 Å². The van der Waals surface area contributed by atoms with Crippen molar-refractivity contribution >= 4 is 42.5 Å². The molecule has 198 valence electrons. The Morgan fingerprint density at radius 1 is 0.697 bits per heavy atom. The second kappa shape index (κ2) is 23.0. The van der Waals surface area contributed by atoms with Crippen LogP contribution in [0, 0.1) is 17.8 Å². The predicted molar refractivity (Wildman–Crippen MR) is 154 cm³/mol. The summed E-state index contributed by atoms with van der Waals surface area (Å²) in [5, 5.41) is 0. The molecule has 4 heteroatoms. The van der Waals surface area contributed by atoms with Crippen molar-refractivity contribution in [2.24, 2.45) is 17.8 Å². The molecule has 0 bridgehead atoms. The molecular weight excluding hydrogens is 531 g/mol. The van der Waals surface area contributed by atoms with E-state index in [4.69, 9.17) is 17.4 Å². The van der Waals surface area contributed by atoms with Gasteiger partial charge in [0.25, 0.3) is 0 Å². The Balaban J connectivity index is 0. The van der Waals surface area contributed by atoms with E-state index < -0.39 is 0 Å². The molecule has 0 spiro atoms. The molecule has 1 unspecified atom stereocenters. The predicted octanol–water partition coefficient (Wildman–Crippen LogP) is 8.88. The minimum absolute atomic E-state index is 0. The first-order valence-corrected chi connectivity index (χ1v) is 14.6. The first kappa shape index (κ1) is 35.8. The van der Waals surface area contributed by atoms with E-state index in [-0.39, 0.29) is 40.5 Å². The van der Waals surface area contributed by atoms with E-state index in [1.54, 1.807) is 0 Å². The quantitative estimate of drug-likeness (QED) is 0.0589. The molecule has 0 saturated carbocycles. The van der Waals surface area contributed by atoms with Crippen molar-refractivity contribution < 1.29 is 9.53 Å². The summed E-state index contributed by atoms with van der Waals surface area (Å²) >= 11 is 5.29.